The molecule has 0 bridgehead atoms. The molecule has 6 heteroatoms. The lowest BCUT2D eigenvalue weighted by Gasteiger charge is -2.18. The molecule has 0 radical (unpaired) electrons. The lowest BCUT2D eigenvalue weighted by molar-refractivity contribution is -0.139. The first-order valence-electron chi connectivity index (χ1n) is 5.91. The Labute approximate surface area is 109 Å². The van der Waals surface area contributed by atoms with Gasteiger partial charge in [-0.3, -0.25) is 9.59 Å². The molecule has 0 aliphatic heterocycles. The van der Waals surface area contributed by atoms with Gasteiger partial charge in [-0.2, -0.15) is 0 Å². The van der Waals surface area contributed by atoms with Gasteiger partial charge >= 0.3 is 11.9 Å². The van der Waals surface area contributed by atoms with Crippen LogP contribution in [0.2, 0.25) is 0 Å². The summed E-state index contributed by atoms with van der Waals surface area (Å²) in [4.78, 5) is 20.1. The Kier molecular flexibility index (Phi) is 9.47. The van der Waals surface area contributed by atoms with E-state index in [1.165, 1.54) is 0 Å². The smallest absolute Gasteiger partial charge is 0.320 e. The van der Waals surface area contributed by atoms with E-state index in [2.05, 4.69) is 5.32 Å². The zero-order chi connectivity index (χ0) is 14.9. The molecule has 0 amide bonds. The highest BCUT2D eigenvalue weighted by Crippen LogP contribution is 2.01. The summed E-state index contributed by atoms with van der Waals surface area (Å²) in [5.41, 5.74) is 5.12. The van der Waals surface area contributed by atoms with Gasteiger partial charge in [0.25, 0.3) is 0 Å². The van der Waals surface area contributed by atoms with Crippen molar-refractivity contribution in [1.82, 2.24) is 5.32 Å². The number of rotatable bonds is 5. The van der Waals surface area contributed by atoms with E-state index >= 15 is 0 Å². The van der Waals surface area contributed by atoms with Gasteiger partial charge in [-0.05, 0) is 33.1 Å². The number of carboxylic acids is 2. The van der Waals surface area contributed by atoms with Crippen molar-refractivity contribution < 1.29 is 19.8 Å². The third kappa shape index (κ3) is 17.3. The predicted octanol–water partition coefficient (Wildman–Crippen LogP) is 0.904. The number of carboxylic acid groups (broad SMARTS) is 2. The second-order valence-corrected chi connectivity index (χ2v) is 5.57. The summed E-state index contributed by atoms with van der Waals surface area (Å²) in [7, 11) is 0. The number of aliphatic carboxylic acids is 2. The Bertz CT molecular complexity index is 259. The maximum absolute atomic E-state index is 10.1. The summed E-state index contributed by atoms with van der Waals surface area (Å²) in [6.45, 7) is 9.71. The Morgan fingerprint density at radius 3 is 1.78 bits per heavy atom. The van der Waals surface area contributed by atoms with Crippen LogP contribution in [-0.2, 0) is 9.59 Å². The molecular weight excluding hydrogens is 236 g/mol. The first-order valence-corrected chi connectivity index (χ1v) is 5.91. The second-order valence-electron chi connectivity index (χ2n) is 5.57. The summed E-state index contributed by atoms with van der Waals surface area (Å²) in [5.74, 6) is -1.37. The van der Waals surface area contributed by atoms with E-state index < -0.39 is 18.0 Å². The monoisotopic (exact) mass is 262 g/mol. The molecule has 0 unspecified atom stereocenters. The van der Waals surface area contributed by atoms with Gasteiger partial charge in [-0.1, -0.05) is 13.8 Å². The highest BCUT2D eigenvalue weighted by atomic mass is 16.4. The molecule has 0 aromatic rings. The molecule has 0 saturated heterocycles. The quantitative estimate of drug-likeness (QED) is 0.585. The van der Waals surface area contributed by atoms with Crippen LogP contribution in [0.4, 0.5) is 0 Å². The summed E-state index contributed by atoms with van der Waals surface area (Å²) in [6.07, 6.45) is 0.551. The van der Waals surface area contributed by atoms with Crippen molar-refractivity contribution in [3.8, 4) is 0 Å². The third-order valence-corrected chi connectivity index (χ3v) is 1.81. The number of hydrogen-bond acceptors (Lipinski definition) is 4. The van der Waals surface area contributed by atoms with Gasteiger partial charge in [0.1, 0.15) is 6.04 Å². The standard InChI is InChI=1S/2C6H13NO2/c1-6(2,3)7-4-5(8)9;1-4(2)3-5(7)6(8)9/h7H,4H2,1-3H3,(H,8,9);4-5H,3,7H2,1-2H3,(H,8,9)/t;5-/m.0/s1. The van der Waals surface area contributed by atoms with Crippen molar-refractivity contribution in [3.05, 3.63) is 0 Å². The Hall–Kier alpha value is -1.14. The molecule has 0 spiro atoms. The first kappa shape index (κ1) is 19.2. The van der Waals surface area contributed by atoms with Crippen LogP contribution in [0.15, 0.2) is 0 Å². The Morgan fingerprint density at radius 2 is 1.67 bits per heavy atom. The molecule has 1 atom stereocenters. The van der Waals surface area contributed by atoms with Gasteiger partial charge in [-0.15, -0.1) is 0 Å². The maximum atomic E-state index is 10.1. The number of nitrogens with one attached hydrogen (secondary N) is 1. The van der Waals surface area contributed by atoms with Gasteiger partial charge in [0, 0.05) is 5.54 Å². The summed E-state index contributed by atoms with van der Waals surface area (Å²) in [5, 5.41) is 19.3. The molecule has 108 valence electrons. The van der Waals surface area contributed by atoms with Crippen LogP contribution >= 0.6 is 0 Å². The molecule has 0 fully saturated rings. The zero-order valence-electron chi connectivity index (χ0n) is 11.9. The predicted molar refractivity (Wildman–Crippen MR) is 70.5 cm³/mol. The largest absolute Gasteiger partial charge is 0.480 e. The molecule has 0 aromatic heterocycles. The van der Waals surface area contributed by atoms with Gasteiger partial charge < -0.3 is 21.3 Å². The van der Waals surface area contributed by atoms with Crippen molar-refractivity contribution in [2.75, 3.05) is 6.54 Å². The van der Waals surface area contributed by atoms with Crippen molar-refractivity contribution in [2.45, 2.75) is 52.6 Å². The Balaban J connectivity index is 0. The molecule has 5 N–H and O–H groups in total. The van der Waals surface area contributed by atoms with Crippen LogP contribution < -0.4 is 11.1 Å². The van der Waals surface area contributed by atoms with Crippen LogP contribution in [-0.4, -0.2) is 40.3 Å². The van der Waals surface area contributed by atoms with Crippen LogP contribution in [0.3, 0.4) is 0 Å². The van der Waals surface area contributed by atoms with Crippen molar-refractivity contribution in [3.63, 3.8) is 0 Å². The highest BCUT2D eigenvalue weighted by Gasteiger charge is 2.12. The van der Waals surface area contributed by atoms with E-state index in [9.17, 15) is 9.59 Å². The zero-order valence-corrected chi connectivity index (χ0v) is 11.9. The van der Waals surface area contributed by atoms with Gasteiger partial charge in [0.05, 0.1) is 6.54 Å². The molecule has 0 aliphatic carbocycles. The maximum Gasteiger partial charge on any atom is 0.320 e. The number of nitrogens with two attached hydrogens (primary N) is 1. The van der Waals surface area contributed by atoms with Crippen LogP contribution in [0.1, 0.15) is 41.0 Å². The average Bonchev–Trinajstić information content (AvgIpc) is 2.13. The van der Waals surface area contributed by atoms with E-state index in [4.69, 9.17) is 15.9 Å². The fraction of sp³-hybridized carbons (Fsp3) is 0.833. The topological polar surface area (TPSA) is 113 Å². The molecular formula is C12H26N2O4. The first-order chi connectivity index (χ1) is 7.95. The molecule has 0 rings (SSSR count). The minimum absolute atomic E-state index is 0.0312. The lowest BCUT2D eigenvalue weighted by atomic mass is 10.1. The van der Waals surface area contributed by atoms with Gasteiger partial charge in [-0.25, -0.2) is 0 Å². The van der Waals surface area contributed by atoms with E-state index in [1.54, 1.807) is 0 Å². The van der Waals surface area contributed by atoms with E-state index in [1.807, 2.05) is 34.6 Å². The van der Waals surface area contributed by atoms with E-state index in [0.29, 0.717) is 12.3 Å². The average molecular weight is 262 g/mol. The lowest BCUT2D eigenvalue weighted by Crippen LogP contribution is -2.39. The second kappa shape index (κ2) is 8.88. The van der Waals surface area contributed by atoms with Crippen LogP contribution in [0.5, 0.6) is 0 Å². The summed E-state index contributed by atoms with van der Waals surface area (Å²) in [6, 6.07) is -0.690. The van der Waals surface area contributed by atoms with Crippen LogP contribution in [0.25, 0.3) is 0 Å². The van der Waals surface area contributed by atoms with Crippen molar-refractivity contribution >= 4 is 11.9 Å². The molecule has 18 heavy (non-hydrogen) atoms. The fourth-order valence-electron chi connectivity index (χ4n) is 0.949. The third-order valence-electron chi connectivity index (χ3n) is 1.81. The molecule has 6 nitrogen and oxygen atoms in total. The summed E-state index contributed by atoms with van der Waals surface area (Å²) < 4.78 is 0. The Morgan fingerprint density at radius 1 is 1.22 bits per heavy atom. The molecule has 0 heterocycles. The van der Waals surface area contributed by atoms with E-state index in [-0.39, 0.29) is 12.1 Å². The minimum atomic E-state index is -0.913. The van der Waals surface area contributed by atoms with Gasteiger partial charge in [0.15, 0.2) is 0 Å². The van der Waals surface area contributed by atoms with Gasteiger partial charge in [0.2, 0.25) is 0 Å². The molecule has 0 aromatic carbocycles. The SMILES string of the molecule is CC(C)(C)NCC(=O)O.CC(C)C[C@H](N)C(=O)O. The van der Waals surface area contributed by atoms with Crippen molar-refractivity contribution in [2.24, 2.45) is 11.7 Å². The number of carbonyl (C=O) groups is 2. The molecule has 0 aliphatic rings. The van der Waals surface area contributed by atoms with Crippen molar-refractivity contribution in [1.29, 1.82) is 0 Å². The molecule has 0 saturated carbocycles. The summed E-state index contributed by atoms with van der Waals surface area (Å²) >= 11 is 0. The normalized spacial score (nSPS) is 12.6. The fourth-order valence-corrected chi connectivity index (χ4v) is 0.949. The number of hydrogen-bond donors (Lipinski definition) is 4. The minimum Gasteiger partial charge on any atom is -0.480 e. The highest BCUT2D eigenvalue weighted by molar-refractivity contribution is 5.72. The van der Waals surface area contributed by atoms with E-state index in [0.717, 1.165) is 0 Å². The van der Waals surface area contributed by atoms with Crippen LogP contribution in [0, 0.1) is 5.92 Å².